The van der Waals surface area contributed by atoms with Crippen LogP contribution in [0.1, 0.15) is 16.8 Å². The molecular formula is C16H15NO3. The Morgan fingerprint density at radius 1 is 0.950 bits per heavy atom. The van der Waals surface area contributed by atoms with Crippen LogP contribution in [0.5, 0.6) is 0 Å². The van der Waals surface area contributed by atoms with Crippen molar-refractivity contribution in [1.29, 1.82) is 0 Å². The summed E-state index contributed by atoms with van der Waals surface area (Å²) in [6.07, 6.45) is -0.0890. The first kappa shape index (κ1) is 13.8. The van der Waals surface area contributed by atoms with Crippen molar-refractivity contribution in [2.45, 2.75) is 12.5 Å². The Labute approximate surface area is 117 Å². The van der Waals surface area contributed by atoms with Gasteiger partial charge in [0.25, 0.3) is 0 Å². The fraction of sp³-hybridized carbons (Fsp3) is 0.125. The van der Waals surface area contributed by atoms with Gasteiger partial charge in [0.15, 0.2) is 5.78 Å². The molecule has 0 aliphatic carbocycles. The van der Waals surface area contributed by atoms with Gasteiger partial charge in [0, 0.05) is 17.7 Å². The van der Waals surface area contributed by atoms with Gasteiger partial charge in [-0.05, 0) is 12.1 Å². The lowest BCUT2D eigenvalue weighted by Gasteiger charge is -2.15. The highest BCUT2D eigenvalue weighted by atomic mass is 16.4. The van der Waals surface area contributed by atoms with Gasteiger partial charge in [-0.3, -0.25) is 4.79 Å². The number of Topliss-reactive ketones (excluding diaryl/α,β-unsaturated/α-hetero) is 1. The predicted octanol–water partition coefficient (Wildman–Crippen LogP) is 2.82. The lowest BCUT2D eigenvalue weighted by Crippen LogP contribution is -2.31. The zero-order chi connectivity index (χ0) is 14.4. The Morgan fingerprint density at radius 2 is 1.50 bits per heavy atom. The summed E-state index contributed by atoms with van der Waals surface area (Å²) in [5.74, 6) is -1.24. The molecule has 0 spiro atoms. The smallest absolute Gasteiger partial charge is 0.326 e. The van der Waals surface area contributed by atoms with Crippen LogP contribution >= 0.6 is 0 Å². The topological polar surface area (TPSA) is 66.4 Å². The Balaban J connectivity index is 2.07. The summed E-state index contributed by atoms with van der Waals surface area (Å²) in [7, 11) is 0. The van der Waals surface area contributed by atoms with Crippen molar-refractivity contribution in [3.05, 3.63) is 66.2 Å². The van der Waals surface area contributed by atoms with Crippen LogP contribution in [0.3, 0.4) is 0 Å². The Morgan fingerprint density at radius 3 is 2.05 bits per heavy atom. The van der Waals surface area contributed by atoms with Crippen LogP contribution in [-0.2, 0) is 4.79 Å². The van der Waals surface area contributed by atoms with Gasteiger partial charge in [0.05, 0.1) is 0 Å². The molecule has 2 N–H and O–H groups in total. The van der Waals surface area contributed by atoms with Crippen molar-refractivity contribution >= 4 is 17.4 Å². The number of anilines is 1. The number of carboxylic acid groups (broad SMARTS) is 1. The Kier molecular flexibility index (Phi) is 4.50. The van der Waals surface area contributed by atoms with E-state index in [1.807, 2.05) is 12.1 Å². The molecule has 0 fully saturated rings. The van der Waals surface area contributed by atoms with Crippen LogP contribution < -0.4 is 5.32 Å². The average Bonchev–Trinajstić information content (AvgIpc) is 2.48. The molecule has 102 valence electrons. The van der Waals surface area contributed by atoms with E-state index in [9.17, 15) is 14.7 Å². The number of aliphatic carboxylic acids is 1. The van der Waals surface area contributed by atoms with Crippen LogP contribution in [0.4, 0.5) is 5.69 Å². The quantitative estimate of drug-likeness (QED) is 0.791. The maximum atomic E-state index is 12.0. The normalized spacial score (nSPS) is 11.6. The number of carbonyl (C=O) groups is 2. The van der Waals surface area contributed by atoms with E-state index >= 15 is 0 Å². The second-order valence-corrected chi connectivity index (χ2v) is 4.39. The second-order valence-electron chi connectivity index (χ2n) is 4.39. The molecule has 0 saturated heterocycles. The minimum Gasteiger partial charge on any atom is -0.480 e. The van der Waals surface area contributed by atoms with Crippen molar-refractivity contribution in [1.82, 2.24) is 0 Å². The maximum absolute atomic E-state index is 12.0. The molecule has 2 rings (SSSR count). The molecule has 0 aromatic heterocycles. The lowest BCUT2D eigenvalue weighted by atomic mass is 10.0. The number of hydrogen-bond acceptors (Lipinski definition) is 3. The SMILES string of the molecule is O=C(C[C@@H](Nc1ccccc1)C(=O)O)c1ccccc1. The van der Waals surface area contributed by atoms with Gasteiger partial charge in [-0.15, -0.1) is 0 Å². The van der Waals surface area contributed by atoms with E-state index in [0.29, 0.717) is 11.3 Å². The number of hydrogen-bond donors (Lipinski definition) is 2. The van der Waals surface area contributed by atoms with Crippen molar-refractivity contribution in [2.24, 2.45) is 0 Å². The zero-order valence-corrected chi connectivity index (χ0v) is 10.8. The molecule has 1 atom stereocenters. The summed E-state index contributed by atoms with van der Waals surface area (Å²) < 4.78 is 0. The van der Waals surface area contributed by atoms with Crippen molar-refractivity contribution in [2.75, 3.05) is 5.32 Å². The molecule has 0 aliphatic heterocycles. The molecule has 0 radical (unpaired) electrons. The average molecular weight is 269 g/mol. The van der Waals surface area contributed by atoms with Gasteiger partial charge in [-0.2, -0.15) is 0 Å². The van der Waals surface area contributed by atoms with Crippen molar-refractivity contribution < 1.29 is 14.7 Å². The van der Waals surface area contributed by atoms with Crippen LogP contribution in [-0.4, -0.2) is 22.9 Å². The van der Waals surface area contributed by atoms with Gasteiger partial charge in [-0.25, -0.2) is 4.79 Å². The summed E-state index contributed by atoms with van der Waals surface area (Å²) in [5.41, 5.74) is 1.20. The third kappa shape index (κ3) is 3.68. The van der Waals surface area contributed by atoms with E-state index in [4.69, 9.17) is 0 Å². The van der Waals surface area contributed by atoms with Crippen LogP contribution in [0.2, 0.25) is 0 Å². The molecule has 2 aromatic rings. The van der Waals surface area contributed by atoms with E-state index in [2.05, 4.69) is 5.32 Å². The van der Waals surface area contributed by atoms with Crippen LogP contribution in [0.25, 0.3) is 0 Å². The highest BCUT2D eigenvalue weighted by molar-refractivity contribution is 5.99. The minimum absolute atomic E-state index is 0.0890. The molecule has 0 aliphatic rings. The predicted molar refractivity (Wildman–Crippen MR) is 76.9 cm³/mol. The molecule has 0 amide bonds. The molecule has 0 unspecified atom stereocenters. The molecule has 0 bridgehead atoms. The van der Waals surface area contributed by atoms with Gasteiger partial charge >= 0.3 is 5.97 Å². The Hall–Kier alpha value is -2.62. The van der Waals surface area contributed by atoms with E-state index in [-0.39, 0.29) is 12.2 Å². The largest absolute Gasteiger partial charge is 0.480 e. The number of carbonyl (C=O) groups excluding carboxylic acids is 1. The highest BCUT2D eigenvalue weighted by Gasteiger charge is 2.21. The molecular weight excluding hydrogens is 254 g/mol. The first-order valence-electron chi connectivity index (χ1n) is 6.29. The van der Waals surface area contributed by atoms with Crippen molar-refractivity contribution in [3.63, 3.8) is 0 Å². The fourth-order valence-corrected chi connectivity index (χ4v) is 1.86. The lowest BCUT2D eigenvalue weighted by molar-refractivity contribution is -0.137. The number of benzene rings is 2. The van der Waals surface area contributed by atoms with E-state index in [0.717, 1.165) is 0 Å². The molecule has 20 heavy (non-hydrogen) atoms. The molecule has 2 aromatic carbocycles. The van der Waals surface area contributed by atoms with Crippen LogP contribution in [0, 0.1) is 0 Å². The van der Waals surface area contributed by atoms with Gasteiger partial charge in [0.2, 0.25) is 0 Å². The zero-order valence-electron chi connectivity index (χ0n) is 10.8. The maximum Gasteiger partial charge on any atom is 0.326 e. The standard InChI is InChI=1S/C16H15NO3/c18-15(12-7-3-1-4-8-12)11-14(16(19)20)17-13-9-5-2-6-10-13/h1-10,14,17H,11H2,(H,19,20)/t14-/m1/s1. The number of ketones is 1. The number of rotatable bonds is 6. The summed E-state index contributed by atoms with van der Waals surface area (Å²) in [6, 6.07) is 16.7. The molecule has 0 saturated carbocycles. The van der Waals surface area contributed by atoms with Gasteiger partial charge in [-0.1, -0.05) is 48.5 Å². The summed E-state index contributed by atoms with van der Waals surface area (Å²) in [6.45, 7) is 0. The number of carboxylic acids is 1. The van der Waals surface area contributed by atoms with Crippen LogP contribution in [0.15, 0.2) is 60.7 Å². The second kappa shape index (κ2) is 6.52. The first-order valence-corrected chi connectivity index (χ1v) is 6.29. The summed E-state index contributed by atoms with van der Waals surface area (Å²) >= 11 is 0. The van der Waals surface area contributed by atoms with E-state index < -0.39 is 12.0 Å². The fourth-order valence-electron chi connectivity index (χ4n) is 1.86. The monoisotopic (exact) mass is 269 g/mol. The highest BCUT2D eigenvalue weighted by Crippen LogP contribution is 2.12. The minimum atomic E-state index is -1.04. The number of para-hydroxylation sites is 1. The number of nitrogens with one attached hydrogen (secondary N) is 1. The molecule has 4 nitrogen and oxygen atoms in total. The summed E-state index contributed by atoms with van der Waals surface area (Å²) in [4.78, 5) is 23.3. The van der Waals surface area contributed by atoms with Crippen molar-refractivity contribution in [3.8, 4) is 0 Å². The Bertz CT molecular complexity index is 581. The summed E-state index contributed by atoms with van der Waals surface area (Å²) in [5, 5.41) is 12.1. The molecule has 0 heterocycles. The first-order chi connectivity index (χ1) is 9.66. The van der Waals surface area contributed by atoms with Gasteiger partial charge in [0.1, 0.15) is 6.04 Å². The molecule has 4 heteroatoms. The third-order valence-electron chi connectivity index (χ3n) is 2.90. The van der Waals surface area contributed by atoms with E-state index in [1.54, 1.807) is 48.5 Å². The van der Waals surface area contributed by atoms with Gasteiger partial charge < -0.3 is 10.4 Å². The van der Waals surface area contributed by atoms with E-state index in [1.165, 1.54) is 0 Å². The third-order valence-corrected chi connectivity index (χ3v) is 2.90.